The number of nitrogens with two attached hydrogens (primary N) is 1. The van der Waals surface area contributed by atoms with Crippen molar-refractivity contribution >= 4 is 0 Å². The number of rotatable bonds is 3. The summed E-state index contributed by atoms with van der Waals surface area (Å²) in [5.74, 6) is 1.31. The molecule has 0 aliphatic carbocycles. The van der Waals surface area contributed by atoms with Gasteiger partial charge >= 0.3 is 0 Å². The zero-order chi connectivity index (χ0) is 14.2. The van der Waals surface area contributed by atoms with Crippen LogP contribution in [0.25, 0.3) is 0 Å². The Kier molecular flexibility index (Phi) is 3.62. The Morgan fingerprint density at radius 3 is 2.42 bits per heavy atom. The molecule has 19 heavy (non-hydrogen) atoms. The number of hydrogen-bond donors (Lipinski definition) is 1. The summed E-state index contributed by atoms with van der Waals surface area (Å²) in [5.41, 5.74) is 8.41. The smallest absolute Gasteiger partial charge is 0.170 e. The van der Waals surface area contributed by atoms with E-state index in [0.717, 1.165) is 22.6 Å². The molecule has 0 spiro atoms. The van der Waals surface area contributed by atoms with E-state index in [1.54, 1.807) is 18.2 Å². The first-order valence-electron chi connectivity index (χ1n) is 6.11. The van der Waals surface area contributed by atoms with Crippen molar-refractivity contribution in [2.45, 2.75) is 26.8 Å². The quantitative estimate of drug-likeness (QED) is 0.923. The maximum Gasteiger partial charge on any atom is 0.170 e. The molecule has 4 heteroatoms. The van der Waals surface area contributed by atoms with Crippen LogP contribution in [0.15, 0.2) is 22.6 Å². The van der Waals surface area contributed by atoms with Crippen molar-refractivity contribution in [3.63, 3.8) is 0 Å². The van der Waals surface area contributed by atoms with Crippen LogP contribution in [0, 0.1) is 26.6 Å². The Hall–Kier alpha value is -1.81. The molecule has 0 saturated carbocycles. The molecule has 3 nitrogen and oxygen atoms in total. The fraction of sp³-hybridized carbons (Fsp3) is 0.333. The van der Waals surface area contributed by atoms with Crippen molar-refractivity contribution in [1.29, 1.82) is 0 Å². The molecular formula is C15H18FNO2. The van der Waals surface area contributed by atoms with Gasteiger partial charge in [0.25, 0.3) is 0 Å². The summed E-state index contributed by atoms with van der Waals surface area (Å²) in [7, 11) is 1.44. The highest BCUT2D eigenvalue weighted by atomic mass is 19.1. The molecule has 2 rings (SSSR count). The molecule has 0 fully saturated rings. The second-order valence-electron chi connectivity index (χ2n) is 4.59. The number of methoxy groups -OCH3 is 1. The zero-order valence-electron chi connectivity index (χ0n) is 11.6. The van der Waals surface area contributed by atoms with Gasteiger partial charge in [-0.2, -0.15) is 0 Å². The molecule has 0 aliphatic rings. The first-order chi connectivity index (χ1) is 8.97. The summed E-state index contributed by atoms with van der Waals surface area (Å²) in [6.07, 6.45) is 0. The number of benzene rings is 1. The second kappa shape index (κ2) is 5.05. The minimum Gasteiger partial charge on any atom is -0.494 e. The Bertz CT molecular complexity index is 604. The maximum atomic E-state index is 14.2. The molecule has 1 heterocycles. The van der Waals surface area contributed by atoms with E-state index >= 15 is 0 Å². The second-order valence-corrected chi connectivity index (χ2v) is 4.59. The van der Waals surface area contributed by atoms with E-state index in [9.17, 15) is 4.39 Å². The number of furan rings is 1. The van der Waals surface area contributed by atoms with Crippen LogP contribution < -0.4 is 10.5 Å². The third kappa shape index (κ3) is 2.24. The van der Waals surface area contributed by atoms with Crippen molar-refractivity contribution in [1.82, 2.24) is 0 Å². The lowest BCUT2D eigenvalue weighted by molar-refractivity contribution is 0.383. The standard InChI is InChI=1S/C15H18FNO2/c1-8-9(2)19-10(3)13(8)15(17)11-6-5-7-12(18-4)14(11)16/h5-7,15H,17H2,1-4H3. The fourth-order valence-corrected chi connectivity index (χ4v) is 2.35. The third-order valence-electron chi connectivity index (χ3n) is 3.48. The fourth-order valence-electron chi connectivity index (χ4n) is 2.35. The minimum atomic E-state index is -0.562. The van der Waals surface area contributed by atoms with E-state index < -0.39 is 11.9 Å². The molecule has 1 unspecified atom stereocenters. The summed E-state index contributed by atoms with van der Waals surface area (Å²) in [4.78, 5) is 0. The highest BCUT2D eigenvalue weighted by molar-refractivity contribution is 5.43. The zero-order valence-corrected chi connectivity index (χ0v) is 11.6. The van der Waals surface area contributed by atoms with E-state index in [1.165, 1.54) is 7.11 Å². The van der Waals surface area contributed by atoms with Crippen molar-refractivity contribution in [2.75, 3.05) is 7.11 Å². The number of aryl methyl sites for hydroxylation is 2. The molecule has 102 valence electrons. The van der Waals surface area contributed by atoms with Crippen LogP contribution in [0.4, 0.5) is 4.39 Å². The monoisotopic (exact) mass is 263 g/mol. The van der Waals surface area contributed by atoms with E-state index in [1.807, 2.05) is 20.8 Å². The lowest BCUT2D eigenvalue weighted by Crippen LogP contribution is -2.15. The van der Waals surface area contributed by atoms with Crippen LogP contribution in [0.5, 0.6) is 5.75 Å². The number of hydrogen-bond acceptors (Lipinski definition) is 3. The predicted octanol–water partition coefficient (Wildman–Crippen LogP) is 3.40. The molecule has 1 atom stereocenters. The summed E-state index contributed by atoms with van der Waals surface area (Å²) >= 11 is 0. The number of ether oxygens (including phenoxy) is 1. The molecule has 1 aromatic heterocycles. The topological polar surface area (TPSA) is 48.4 Å². The molecular weight excluding hydrogens is 245 g/mol. The lowest BCUT2D eigenvalue weighted by atomic mass is 9.95. The van der Waals surface area contributed by atoms with E-state index in [4.69, 9.17) is 14.9 Å². The first-order valence-corrected chi connectivity index (χ1v) is 6.11. The van der Waals surface area contributed by atoms with Gasteiger partial charge in [-0.3, -0.25) is 0 Å². The average Bonchev–Trinajstić information content (AvgIpc) is 2.63. The predicted molar refractivity (Wildman–Crippen MR) is 71.9 cm³/mol. The molecule has 2 N–H and O–H groups in total. The van der Waals surface area contributed by atoms with Gasteiger partial charge in [0.05, 0.1) is 13.2 Å². The van der Waals surface area contributed by atoms with Gasteiger partial charge < -0.3 is 14.9 Å². The normalized spacial score (nSPS) is 12.5. The Balaban J connectivity index is 2.53. The average molecular weight is 263 g/mol. The van der Waals surface area contributed by atoms with Gasteiger partial charge in [0, 0.05) is 11.1 Å². The first kappa shape index (κ1) is 13.6. The lowest BCUT2D eigenvalue weighted by Gasteiger charge is -2.15. The van der Waals surface area contributed by atoms with Gasteiger partial charge in [-0.15, -0.1) is 0 Å². The Labute approximate surface area is 112 Å². The van der Waals surface area contributed by atoms with E-state index in [0.29, 0.717) is 5.56 Å². The van der Waals surface area contributed by atoms with Crippen LogP contribution in [0.1, 0.15) is 34.3 Å². The van der Waals surface area contributed by atoms with Crippen molar-refractivity contribution in [3.8, 4) is 5.75 Å². The molecule has 2 aromatic rings. The summed E-state index contributed by atoms with van der Waals surface area (Å²) in [6.45, 7) is 5.65. The van der Waals surface area contributed by atoms with Crippen LogP contribution in [0.2, 0.25) is 0 Å². The highest BCUT2D eigenvalue weighted by Crippen LogP contribution is 2.33. The van der Waals surface area contributed by atoms with Crippen molar-refractivity contribution < 1.29 is 13.5 Å². The summed E-state index contributed by atoms with van der Waals surface area (Å²) in [5, 5.41) is 0. The minimum absolute atomic E-state index is 0.198. The van der Waals surface area contributed by atoms with Crippen LogP contribution >= 0.6 is 0 Å². The molecule has 0 amide bonds. The van der Waals surface area contributed by atoms with Crippen molar-refractivity contribution in [2.24, 2.45) is 5.73 Å². The molecule has 0 aliphatic heterocycles. The van der Waals surface area contributed by atoms with Gasteiger partial charge in [-0.25, -0.2) is 4.39 Å². The van der Waals surface area contributed by atoms with Crippen LogP contribution in [0.3, 0.4) is 0 Å². The van der Waals surface area contributed by atoms with Gasteiger partial charge in [-0.05, 0) is 32.4 Å². The maximum absolute atomic E-state index is 14.2. The highest BCUT2D eigenvalue weighted by Gasteiger charge is 2.23. The number of halogens is 1. The van der Waals surface area contributed by atoms with E-state index in [-0.39, 0.29) is 5.75 Å². The largest absolute Gasteiger partial charge is 0.494 e. The molecule has 0 bridgehead atoms. The van der Waals surface area contributed by atoms with Crippen LogP contribution in [-0.4, -0.2) is 7.11 Å². The summed E-state index contributed by atoms with van der Waals surface area (Å²) < 4.78 is 24.8. The molecule has 0 radical (unpaired) electrons. The SMILES string of the molecule is COc1cccc(C(N)c2c(C)oc(C)c2C)c1F. The Morgan fingerprint density at radius 2 is 1.89 bits per heavy atom. The third-order valence-corrected chi connectivity index (χ3v) is 3.48. The Morgan fingerprint density at radius 1 is 1.21 bits per heavy atom. The van der Waals surface area contributed by atoms with Gasteiger partial charge in [0.2, 0.25) is 0 Å². The molecule has 1 aromatic carbocycles. The van der Waals surface area contributed by atoms with Gasteiger partial charge in [0.15, 0.2) is 11.6 Å². The van der Waals surface area contributed by atoms with Gasteiger partial charge in [-0.1, -0.05) is 12.1 Å². The van der Waals surface area contributed by atoms with E-state index in [2.05, 4.69) is 0 Å². The molecule has 0 saturated heterocycles. The summed E-state index contributed by atoms with van der Waals surface area (Å²) in [6, 6.07) is 4.41. The van der Waals surface area contributed by atoms with Crippen LogP contribution in [-0.2, 0) is 0 Å². The van der Waals surface area contributed by atoms with Crippen molar-refractivity contribution in [3.05, 3.63) is 52.2 Å². The van der Waals surface area contributed by atoms with Gasteiger partial charge in [0.1, 0.15) is 11.5 Å².